The number of aromatic amines is 1. The van der Waals surface area contributed by atoms with Crippen LogP contribution >= 0.6 is 11.3 Å². The van der Waals surface area contributed by atoms with E-state index in [2.05, 4.69) is 18.8 Å². The van der Waals surface area contributed by atoms with Gasteiger partial charge in [0.15, 0.2) is 5.82 Å². The van der Waals surface area contributed by atoms with Gasteiger partial charge in [-0.2, -0.15) is 0 Å². The average molecular weight is 332 g/mol. The second kappa shape index (κ2) is 6.02. The van der Waals surface area contributed by atoms with Gasteiger partial charge < -0.3 is 9.88 Å². The largest absolute Gasteiger partial charge is 0.326 e. The molecule has 4 nitrogen and oxygen atoms in total. The van der Waals surface area contributed by atoms with Gasteiger partial charge >= 0.3 is 0 Å². The molecule has 2 aromatic rings. The minimum Gasteiger partial charge on any atom is -0.326 e. The number of nitrogens with one attached hydrogen (secondary N) is 2. The van der Waals surface area contributed by atoms with E-state index in [1.807, 2.05) is 0 Å². The van der Waals surface area contributed by atoms with Crippen LogP contribution in [-0.4, -0.2) is 22.6 Å². The Kier molecular flexibility index (Phi) is 4.01. The standard InChI is InChI=1S/C18H25N3OS/c1-11-6-7-13-14(9-11)23-18-16(13)17(22)19-15(20-18)10-21-8-4-3-5-12(21)2/h11-12H,3-10H2,1-2H3,(H,19,20,22)/p+1/t11-,12-/m1/s1. The predicted molar refractivity (Wildman–Crippen MR) is 94.3 cm³/mol. The molecule has 2 N–H and O–H groups in total. The topological polar surface area (TPSA) is 50.2 Å². The van der Waals surface area contributed by atoms with E-state index in [1.54, 1.807) is 16.2 Å². The fourth-order valence-electron chi connectivity index (χ4n) is 4.21. The molecule has 0 amide bonds. The molecule has 1 fully saturated rings. The molecule has 0 radical (unpaired) electrons. The summed E-state index contributed by atoms with van der Waals surface area (Å²) in [5.74, 6) is 1.60. The van der Waals surface area contributed by atoms with E-state index in [1.165, 1.54) is 42.7 Å². The number of hydrogen-bond donors (Lipinski definition) is 2. The van der Waals surface area contributed by atoms with Gasteiger partial charge in [0.25, 0.3) is 5.56 Å². The second-order valence-electron chi connectivity index (χ2n) is 7.53. The van der Waals surface area contributed by atoms with E-state index in [-0.39, 0.29) is 5.56 Å². The zero-order valence-electron chi connectivity index (χ0n) is 14.1. The van der Waals surface area contributed by atoms with Crippen molar-refractivity contribution in [1.29, 1.82) is 0 Å². The minimum atomic E-state index is 0.0844. The Morgan fingerprint density at radius 3 is 3.00 bits per heavy atom. The van der Waals surface area contributed by atoms with Gasteiger partial charge in [0, 0.05) is 4.88 Å². The quantitative estimate of drug-likeness (QED) is 0.884. The molecule has 0 aromatic carbocycles. The van der Waals surface area contributed by atoms with Crippen LogP contribution in [0.4, 0.5) is 0 Å². The van der Waals surface area contributed by atoms with Gasteiger partial charge in [0.05, 0.1) is 18.0 Å². The second-order valence-corrected chi connectivity index (χ2v) is 8.61. The fraction of sp³-hybridized carbons (Fsp3) is 0.667. The highest BCUT2D eigenvalue weighted by Gasteiger charge is 2.25. The molecule has 23 heavy (non-hydrogen) atoms. The fourth-order valence-corrected chi connectivity index (χ4v) is 5.61. The van der Waals surface area contributed by atoms with Gasteiger partial charge in [0.1, 0.15) is 11.4 Å². The van der Waals surface area contributed by atoms with Crippen molar-refractivity contribution in [2.75, 3.05) is 6.54 Å². The van der Waals surface area contributed by atoms with Crippen molar-refractivity contribution in [3.63, 3.8) is 0 Å². The summed E-state index contributed by atoms with van der Waals surface area (Å²) in [6, 6.07) is 0.669. The lowest BCUT2D eigenvalue weighted by molar-refractivity contribution is -0.942. The average Bonchev–Trinajstić information content (AvgIpc) is 2.87. The number of likely N-dealkylation sites (tertiary alicyclic amines) is 1. The molecule has 1 unspecified atom stereocenters. The van der Waals surface area contributed by atoms with Crippen molar-refractivity contribution in [1.82, 2.24) is 9.97 Å². The van der Waals surface area contributed by atoms with Crippen LogP contribution in [0.3, 0.4) is 0 Å². The number of aryl methyl sites for hydroxylation is 1. The summed E-state index contributed by atoms with van der Waals surface area (Å²) in [4.78, 5) is 24.5. The molecule has 1 aliphatic heterocycles. The van der Waals surface area contributed by atoms with E-state index in [4.69, 9.17) is 4.98 Å². The van der Waals surface area contributed by atoms with E-state index in [0.29, 0.717) is 6.04 Å². The predicted octanol–water partition coefficient (Wildman–Crippen LogP) is 2.07. The number of H-pyrrole nitrogens is 1. The summed E-state index contributed by atoms with van der Waals surface area (Å²) in [5, 5.41) is 0.877. The summed E-state index contributed by atoms with van der Waals surface area (Å²) < 4.78 is 0. The number of rotatable bonds is 2. The summed E-state index contributed by atoms with van der Waals surface area (Å²) >= 11 is 1.75. The molecular formula is C18H26N3OS+. The smallest absolute Gasteiger partial charge is 0.260 e. The van der Waals surface area contributed by atoms with Gasteiger partial charge in [-0.25, -0.2) is 4.98 Å². The number of fused-ring (bicyclic) bond motifs is 3. The van der Waals surface area contributed by atoms with Crippen molar-refractivity contribution in [3.8, 4) is 0 Å². The molecule has 0 bridgehead atoms. The SMILES string of the molecule is C[C@@H]1CCc2c(sc3nc(C[NH+]4CCCC[C@H]4C)[nH]c(=O)c23)C1. The number of aromatic nitrogens is 2. The van der Waals surface area contributed by atoms with Crippen LogP contribution in [0.1, 0.15) is 55.8 Å². The van der Waals surface area contributed by atoms with Crippen molar-refractivity contribution < 1.29 is 4.90 Å². The summed E-state index contributed by atoms with van der Waals surface area (Å²) in [6.07, 6.45) is 7.25. The highest BCUT2D eigenvalue weighted by Crippen LogP contribution is 2.35. The molecule has 3 heterocycles. The molecule has 0 saturated carbocycles. The Labute approximate surface area is 140 Å². The molecule has 1 saturated heterocycles. The van der Waals surface area contributed by atoms with Crippen LogP contribution in [0.25, 0.3) is 10.2 Å². The summed E-state index contributed by atoms with van der Waals surface area (Å²) in [5.41, 5.74) is 1.36. The monoisotopic (exact) mass is 332 g/mol. The lowest BCUT2D eigenvalue weighted by Gasteiger charge is -2.29. The zero-order chi connectivity index (χ0) is 16.0. The van der Waals surface area contributed by atoms with E-state index in [9.17, 15) is 4.79 Å². The molecule has 4 rings (SSSR count). The molecular weight excluding hydrogens is 306 g/mol. The number of thiophene rings is 1. The Morgan fingerprint density at radius 2 is 2.17 bits per heavy atom. The van der Waals surface area contributed by atoms with Crippen LogP contribution in [0.15, 0.2) is 4.79 Å². The van der Waals surface area contributed by atoms with Gasteiger partial charge in [-0.1, -0.05) is 6.92 Å². The van der Waals surface area contributed by atoms with Crippen molar-refractivity contribution in [3.05, 3.63) is 26.6 Å². The van der Waals surface area contributed by atoms with Crippen LogP contribution in [0.5, 0.6) is 0 Å². The van der Waals surface area contributed by atoms with Crippen LogP contribution in [0, 0.1) is 5.92 Å². The lowest BCUT2D eigenvalue weighted by Crippen LogP contribution is -3.15. The highest BCUT2D eigenvalue weighted by atomic mass is 32.1. The number of nitrogens with zero attached hydrogens (tertiary/aromatic N) is 1. The number of hydrogen-bond acceptors (Lipinski definition) is 3. The minimum absolute atomic E-state index is 0.0844. The van der Waals surface area contributed by atoms with Crippen molar-refractivity contribution in [2.45, 2.75) is 65.0 Å². The van der Waals surface area contributed by atoms with E-state index >= 15 is 0 Å². The first kappa shape index (κ1) is 15.3. The third-order valence-electron chi connectivity index (χ3n) is 5.69. The van der Waals surface area contributed by atoms with Gasteiger partial charge in [-0.3, -0.25) is 4.79 Å². The third-order valence-corrected chi connectivity index (χ3v) is 6.84. The van der Waals surface area contributed by atoms with Crippen LogP contribution < -0.4 is 10.5 Å². The normalized spacial score (nSPS) is 28.0. The Morgan fingerprint density at radius 1 is 1.30 bits per heavy atom. The van der Waals surface area contributed by atoms with E-state index in [0.717, 1.165) is 41.3 Å². The van der Waals surface area contributed by atoms with E-state index < -0.39 is 0 Å². The number of quaternary nitrogens is 1. The first-order valence-electron chi connectivity index (χ1n) is 9.00. The maximum absolute atomic E-state index is 12.6. The molecule has 2 aliphatic rings. The lowest BCUT2D eigenvalue weighted by atomic mass is 9.89. The molecule has 3 atom stereocenters. The maximum Gasteiger partial charge on any atom is 0.260 e. The number of piperidine rings is 1. The highest BCUT2D eigenvalue weighted by molar-refractivity contribution is 7.18. The Hall–Kier alpha value is -1.20. The Bertz CT molecular complexity index is 778. The maximum atomic E-state index is 12.6. The van der Waals surface area contributed by atoms with Crippen molar-refractivity contribution in [2.24, 2.45) is 5.92 Å². The third kappa shape index (κ3) is 2.85. The first-order chi connectivity index (χ1) is 11.1. The molecule has 1 aliphatic carbocycles. The van der Waals surface area contributed by atoms with Gasteiger partial charge in [0.2, 0.25) is 0 Å². The van der Waals surface area contributed by atoms with Crippen molar-refractivity contribution >= 4 is 21.6 Å². The molecule has 2 aromatic heterocycles. The molecule has 5 heteroatoms. The van der Waals surface area contributed by atoms with Crippen LogP contribution in [0.2, 0.25) is 0 Å². The first-order valence-corrected chi connectivity index (χ1v) is 9.81. The summed E-state index contributed by atoms with van der Waals surface area (Å²) in [7, 11) is 0. The van der Waals surface area contributed by atoms with Gasteiger partial charge in [-0.15, -0.1) is 11.3 Å². The van der Waals surface area contributed by atoms with Crippen LogP contribution in [-0.2, 0) is 19.4 Å². The van der Waals surface area contributed by atoms with Gasteiger partial charge in [-0.05, 0) is 56.9 Å². The molecule has 124 valence electrons. The molecule has 0 spiro atoms. The zero-order valence-corrected chi connectivity index (χ0v) is 14.9. The summed E-state index contributed by atoms with van der Waals surface area (Å²) in [6.45, 7) is 6.67. The Balaban J connectivity index is 1.69.